The SMILES string of the molecule is C#C[C@]1([C@@H](C)CO)O[C@@H](n2cc(F)c3c(N)nc(C)nc32)CC1O. The molecule has 0 radical (unpaired) electrons. The molecule has 128 valence electrons. The first kappa shape index (κ1) is 16.6. The van der Waals surface area contributed by atoms with Gasteiger partial charge in [-0.1, -0.05) is 12.8 Å². The lowest BCUT2D eigenvalue weighted by Gasteiger charge is -2.31. The molecule has 2 aromatic heterocycles. The van der Waals surface area contributed by atoms with Crippen LogP contribution in [-0.2, 0) is 4.74 Å². The molecule has 8 heteroatoms. The molecule has 4 N–H and O–H groups in total. The highest BCUT2D eigenvalue weighted by atomic mass is 19.1. The minimum absolute atomic E-state index is 0.0410. The lowest BCUT2D eigenvalue weighted by Crippen LogP contribution is -2.45. The van der Waals surface area contributed by atoms with Gasteiger partial charge in [-0.05, 0) is 6.92 Å². The number of fused-ring (bicyclic) bond motifs is 1. The molecule has 1 aliphatic rings. The van der Waals surface area contributed by atoms with Gasteiger partial charge in [-0.25, -0.2) is 14.4 Å². The minimum Gasteiger partial charge on any atom is -0.396 e. The summed E-state index contributed by atoms with van der Waals surface area (Å²) in [4.78, 5) is 8.20. The average molecular weight is 334 g/mol. The molecule has 3 rings (SSSR count). The van der Waals surface area contributed by atoms with E-state index in [1.54, 1.807) is 13.8 Å². The van der Waals surface area contributed by atoms with Crippen molar-refractivity contribution >= 4 is 16.9 Å². The molecule has 0 bridgehead atoms. The van der Waals surface area contributed by atoms with E-state index < -0.39 is 29.7 Å². The van der Waals surface area contributed by atoms with Crippen molar-refractivity contribution < 1.29 is 19.3 Å². The van der Waals surface area contributed by atoms with Crippen LogP contribution in [0.5, 0.6) is 0 Å². The predicted octanol–water partition coefficient (Wildman–Crippen LogP) is 0.741. The molecule has 1 unspecified atom stereocenters. The normalized spacial score (nSPS) is 28.2. The maximum absolute atomic E-state index is 14.3. The second-order valence-corrected chi connectivity index (χ2v) is 6.08. The fourth-order valence-corrected chi connectivity index (χ4v) is 3.20. The van der Waals surface area contributed by atoms with Gasteiger partial charge in [0.05, 0.1) is 11.5 Å². The number of nitrogens with two attached hydrogens (primary N) is 1. The van der Waals surface area contributed by atoms with Gasteiger partial charge in [0.25, 0.3) is 0 Å². The molecule has 3 heterocycles. The van der Waals surface area contributed by atoms with E-state index in [2.05, 4.69) is 15.9 Å². The summed E-state index contributed by atoms with van der Waals surface area (Å²) < 4.78 is 21.6. The number of aliphatic hydroxyl groups is 2. The summed E-state index contributed by atoms with van der Waals surface area (Å²) >= 11 is 0. The first-order valence-corrected chi connectivity index (χ1v) is 7.58. The van der Waals surface area contributed by atoms with Crippen LogP contribution in [0.2, 0.25) is 0 Å². The van der Waals surface area contributed by atoms with Gasteiger partial charge in [-0.15, -0.1) is 6.42 Å². The molecule has 4 atom stereocenters. The van der Waals surface area contributed by atoms with Crippen molar-refractivity contribution in [1.29, 1.82) is 0 Å². The molecule has 1 aliphatic heterocycles. The number of anilines is 1. The van der Waals surface area contributed by atoms with E-state index in [0.717, 1.165) is 0 Å². The Hall–Kier alpha value is -2.21. The van der Waals surface area contributed by atoms with E-state index in [4.69, 9.17) is 16.9 Å². The Labute approximate surface area is 138 Å². The number of terminal acetylenes is 1. The summed E-state index contributed by atoms with van der Waals surface area (Å²) in [5, 5.41) is 19.9. The van der Waals surface area contributed by atoms with E-state index in [0.29, 0.717) is 5.82 Å². The largest absolute Gasteiger partial charge is 0.396 e. The van der Waals surface area contributed by atoms with Crippen molar-refractivity contribution in [1.82, 2.24) is 14.5 Å². The van der Waals surface area contributed by atoms with E-state index in [-0.39, 0.29) is 29.9 Å². The molecular formula is C16H19FN4O3. The quantitative estimate of drug-likeness (QED) is 0.715. The molecule has 0 saturated carbocycles. The molecule has 0 aromatic carbocycles. The smallest absolute Gasteiger partial charge is 0.161 e. The molecule has 0 spiro atoms. The van der Waals surface area contributed by atoms with Crippen molar-refractivity contribution in [3.8, 4) is 12.3 Å². The highest BCUT2D eigenvalue weighted by molar-refractivity contribution is 5.87. The number of ether oxygens (including phenoxy) is 1. The molecule has 7 nitrogen and oxygen atoms in total. The van der Waals surface area contributed by atoms with E-state index in [1.165, 1.54) is 10.8 Å². The Morgan fingerprint density at radius 1 is 1.62 bits per heavy atom. The highest BCUT2D eigenvalue weighted by Crippen LogP contribution is 2.42. The summed E-state index contributed by atoms with van der Waals surface area (Å²) in [7, 11) is 0. The van der Waals surface area contributed by atoms with E-state index in [9.17, 15) is 14.6 Å². The molecular weight excluding hydrogens is 315 g/mol. The zero-order valence-corrected chi connectivity index (χ0v) is 13.4. The maximum atomic E-state index is 14.3. The van der Waals surface area contributed by atoms with Crippen LogP contribution >= 0.6 is 0 Å². The topological polar surface area (TPSA) is 106 Å². The lowest BCUT2D eigenvalue weighted by atomic mass is 9.85. The fourth-order valence-electron chi connectivity index (χ4n) is 3.20. The number of nitrogen functional groups attached to an aromatic ring is 1. The van der Waals surface area contributed by atoms with Crippen LogP contribution < -0.4 is 5.73 Å². The Kier molecular flexibility index (Phi) is 3.95. The van der Waals surface area contributed by atoms with Gasteiger partial charge in [0.1, 0.15) is 17.9 Å². The Bertz CT molecular complexity index is 831. The monoisotopic (exact) mass is 334 g/mol. The molecule has 1 fully saturated rings. The first-order valence-electron chi connectivity index (χ1n) is 7.58. The van der Waals surface area contributed by atoms with E-state index >= 15 is 0 Å². The molecule has 2 aromatic rings. The molecule has 0 amide bonds. The zero-order chi connectivity index (χ0) is 17.6. The van der Waals surface area contributed by atoms with Crippen molar-refractivity contribution in [2.45, 2.75) is 38.2 Å². The maximum Gasteiger partial charge on any atom is 0.161 e. The Morgan fingerprint density at radius 2 is 2.33 bits per heavy atom. The van der Waals surface area contributed by atoms with Crippen molar-refractivity contribution in [2.75, 3.05) is 12.3 Å². The third-order valence-corrected chi connectivity index (χ3v) is 4.56. The average Bonchev–Trinajstić information content (AvgIpc) is 3.04. The summed E-state index contributed by atoms with van der Waals surface area (Å²) in [6.07, 6.45) is 5.18. The third kappa shape index (κ3) is 2.24. The third-order valence-electron chi connectivity index (χ3n) is 4.56. The second-order valence-electron chi connectivity index (χ2n) is 6.08. The number of rotatable bonds is 3. The van der Waals surface area contributed by atoms with Gasteiger partial charge >= 0.3 is 0 Å². The van der Waals surface area contributed by atoms with Crippen molar-refractivity contribution in [3.63, 3.8) is 0 Å². The minimum atomic E-state index is -1.35. The summed E-state index contributed by atoms with van der Waals surface area (Å²) in [5.74, 6) is 1.83. The molecule has 1 saturated heterocycles. The summed E-state index contributed by atoms with van der Waals surface area (Å²) in [5.41, 5.74) is 4.72. The first-order chi connectivity index (χ1) is 11.3. The number of aromatic nitrogens is 3. The lowest BCUT2D eigenvalue weighted by molar-refractivity contribution is -0.102. The van der Waals surface area contributed by atoms with Crippen molar-refractivity contribution in [3.05, 3.63) is 17.8 Å². The van der Waals surface area contributed by atoms with E-state index in [1.807, 2.05) is 0 Å². The number of nitrogens with zero attached hydrogens (tertiary/aromatic N) is 3. The number of hydrogen-bond acceptors (Lipinski definition) is 6. The Morgan fingerprint density at radius 3 is 2.96 bits per heavy atom. The van der Waals surface area contributed by atoms with Crippen LogP contribution in [-0.4, -0.2) is 43.1 Å². The van der Waals surface area contributed by atoms with Gasteiger partial charge in [-0.2, -0.15) is 0 Å². The number of hydrogen-bond donors (Lipinski definition) is 3. The van der Waals surface area contributed by atoms with Crippen LogP contribution in [0.15, 0.2) is 6.20 Å². The zero-order valence-electron chi connectivity index (χ0n) is 13.4. The van der Waals surface area contributed by atoms with Crippen molar-refractivity contribution in [2.24, 2.45) is 5.92 Å². The van der Waals surface area contributed by atoms with Crippen LogP contribution in [0, 0.1) is 31.0 Å². The van der Waals surface area contributed by atoms with Crippen LogP contribution in [0.3, 0.4) is 0 Å². The Balaban J connectivity index is 2.09. The highest BCUT2D eigenvalue weighted by Gasteiger charge is 2.51. The van der Waals surface area contributed by atoms with Crippen LogP contribution in [0.25, 0.3) is 11.0 Å². The van der Waals surface area contributed by atoms with Gasteiger partial charge in [0, 0.05) is 25.1 Å². The molecule has 24 heavy (non-hydrogen) atoms. The number of aryl methyl sites for hydroxylation is 1. The summed E-state index contributed by atoms with van der Waals surface area (Å²) in [6.45, 7) is 3.09. The number of halogens is 1. The van der Waals surface area contributed by atoms with Gasteiger partial charge in [-0.3, -0.25) is 0 Å². The predicted molar refractivity (Wildman–Crippen MR) is 85.2 cm³/mol. The van der Waals surface area contributed by atoms with Crippen LogP contribution in [0.4, 0.5) is 10.2 Å². The van der Waals surface area contributed by atoms with Gasteiger partial charge < -0.3 is 25.3 Å². The van der Waals surface area contributed by atoms with Gasteiger partial charge in [0.15, 0.2) is 17.1 Å². The standard InChI is InChI=1S/C16H19FN4O3/c1-4-16(8(2)7-22)11(23)5-12(24-16)21-6-10(17)13-14(18)19-9(3)20-15(13)21/h1,6,8,11-12,22-23H,5,7H2,2-3H3,(H2,18,19,20)/t8-,11?,12+,16+/m0/s1. The number of aliphatic hydroxyl groups excluding tert-OH is 2. The van der Waals surface area contributed by atoms with Crippen LogP contribution in [0.1, 0.15) is 25.4 Å². The molecule has 0 aliphatic carbocycles. The summed E-state index contributed by atoms with van der Waals surface area (Å²) in [6, 6.07) is 0. The second kappa shape index (κ2) is 5.70. The fraction of sp³-hybridized carbons (Fsp3) is 0.500. The van der Waals surface area contributed by atoms with Gasteiger partial charge in [0.2, 0.25) is 0 Å².